The van der Waals surface area contributed by atoms with Crippen LogP contribution in [0.15, 0.2) is 53.8 Å². The number of aromatic nitrogens is 3. The zero-order valence-electron chi connectivity index (χ0n) is 18.0. The lowest BCUT2D eigenvalue weighted by molar-refractivity contribution is -0.118. The topological polar surface area (TPSA) is 78.6 Å². The number of carbonyl (C=O) groups excluding carboxylic acids is 1. The number of carbonyl (C=O) groups is 1. The van der Waals surface area contributed by atoms with E-state index in [0.29, 0.717) is 37.6 Å². The molecule has 1 atom stereocenters. The summed E-state index contributed by atoms with van der Waals surface area (Å²) in [7, 11) is 3.22. The predicted molar refractivity (Wildman–Crippen MR) is 118 cm³/mol. The summed E-state index contributed by atoms with van der Waals surface area (Å²) in [5.41, 5.74) is 4.64. The summed E-state index contributed by atoms with van der Waals surface area (Å²) in [6.07, 6.45) is 4.24. The first-order chi connectivity index (χ1) is 15.1. The Balaban J connectivity index is 1.55. The van der Waals surface area contributed by atoms with E-state index in [9.17, 15) is 4.79 Å². The summed E-state index contributed by atoms with van der Waals surface area (Å²) < 4.78 is 12.4. The van der Waals surface area contributed by atoms with E-state index in [0.717, 1.165) is 22.5 Å². The van der Waals surface area contributed by atoms with Crippen LogP contribution in [0.3, 0.4) is 0 Å². The quantitative estimate of drug-likeness (QED) is 0.559. The largest absolute Gasteiger partial charge is 0.493 e. The van der Waals surface area contributed by atoms with E-state index in [1.54, 1.807) is 25.1 Å². The normalized spacial score (nSPS) is 13.5. The molecule has 0 aliphatic carbocycles. The summed E-state index contributed by atoms with van der Waals surface area (Å²) in [6, 6.07) is 12.1. The van der Waals surface area contributed by atoms with Crippen LogP contribution in [-0.2, 0) is 29.0 Å². The van der Waals surface area contributed by atoms with Gasteiger partial charge in [-0.3, -0.25) is 14.5 Å². The van der Waals surface area contributed by atoms with Crippen LogP contribution in [0.1, 0.15) is 47.3 Å². The van der Waals surface area contributed by atoms with Crippen molar-refractivity contribution in [2.24, 2.45) is 4.99 Å². The van der Waals surface area contributed by atoms with E-state index in [-0.39, 0.29) is 11.7 Å². The number of hydrogen-bond donors (Lipinski definition) is 0. The highest BCUT2D eigenvalue weighted by molar-refractivity contribution is 5.98. The molecule has 3 heterocycles. The van der Waals surface area contributed by atoms with Crippen LogP contribution in [0.4, 0.5) is 0 Å². The van der Waals surface area contributed by atoms with Gasteiger partial charge in [-0.25, -0.2) is 4.99 Å². The molecule has 3 aromatic rings. The highest BCUT2D eigenvalue weighted by Gasteiger charge is 2.24. The van der Waals surface area contributed by atoms with Crippen molar-refractivity contribution < 1.29 is 14.3 Å². The van der Waals surface area contributed by atoms with E-state index < -0.39 is 0 Å². The monoisotopic (exact) mass is 418 g/mol. The maximum atomic E-state index is 12.8. The molecule has 0 radical (unpaired) electrons. The van der Waals surface area contributed by atoms with Crippen molar-refractivity contribution in [1.29, 1.82) is 0 Å². The number of benzene rings is 1. The minimum absolute atomic E-state index is 0.168. The highest BCUT2D eigenvalue weighted by Crippen LogP contribution is 2.26. The van der Waals surface area contributed by atoms with E-state index in [4.69, 9.17) is 14.5 Å². The third-order valence-corrected chi connectivity index (χ3v) is 5.47. The second-order valence-corrected chi connectivity index (χ2v) is 7.73. The van der Waals surface area contributed by atoms with Gasteiger partial charge in [0.05, 0.1) is 51.0 Å². The fourth-order valence-electron chi connectivity index (χ4n) is 3.92. The van der Waals surface area contributed by atoms with Crippen LogP contribution >= 0.6 is 0 Å². The van der Waals surface area contributed by atoms with Crippen LogP contribution in [0.25, 0.3) is 0 Å². The Hall–Kier alpha value is -3.48. The van der Waals surface area contributed by atoms with Crippen LogP contribution in [0.2, 0.25) is 0 Å². The number of rotatable bonds is 8. The van der Waals surface area contributed by atoms with Gasteiger partial charge in [-0.15, -0.1) is 0 Å². The molecule has 4 rings (SSSR count). The molecule has 1 aliphatic heterocycles. The minimum atomic E-state index is 0.168. The molecule has 0 saturated carbocycles. The van der Waals surface area contributed by atoms with Crippen LogP contribution in [0, 0.1) is 0 Å². The Morgan fingerprint density at radius 1 is 1.19 bits per heavy atom. The van der Waals surface area contributed by atoms with Crippen molar-refractivity contribution in [3.63, 3.8) is 0 Å². The lowest BCUT2D eigenvalue weighted by Crippen LogP contribution is -2.15. The lowest BCUT2D eigenvalue weighted by Gasteiger charge is -2.13. The van der Waals surface area contributed by atoms with Crippen molar-refractivity contribution in [3.8, 4) is 5.75 Å². The van der Waals surface area contributed by atoms with Crippen molar-refractivity contribution in [2.75, 3.05) is 14.2 Å². The third kappa shape index (κ3) is 4.66. The molecule has 0 spiro atoms. The predicted octanol–water partition coefficient (Wildman–Crippen LogP) is 3.55. The molecule has 0 bridgehead atoms. The van der Waals surface area contributed by atoms with Gasteiger partial charge in [0.25, 0.3) is 0 Å². The highest BCUT2D eigenvalue weighted by atomic mass is 16.5. The summed E-state index contributed by atoms with van der Waals surface area (Å²) in [4.78, 5) is 22.1. The Bertz CT molecular complexity index is 1110. The maximum absolute atomic E-state index is 12.8. The Labute approximate surface area is 181 Å². The van der Waals surface area contributed by atoms with E-state index in [2.05, 4.69) is 29.1 Å². The van der Waals surface area contributed by atoms with Gasteiger partial charge >= 0.3 is 0 Å². The molecule has 0 N–H and O–H groups in total. The van der Waals surface area contributed by atoms with Gasteiger partial charge in [0.15, 0.2) is 5.75 Å². The van der Waals surface area contributed by atoms with E-state index in [1.165, 1.54) is 5.56 Å². The van der Waals surface area contributed by atoms with Gasteiger partial charge in [0.1, 0.15) is 5.78 Å². The molecule has 0 unspecified atom stereocenters. The maximum Gasteiger partial charge on any atom is 0.218 e. The number of Topliss-reactive ketones (excluding diaryl/α,β-unsaturated/α-hetero) is 1. The summed E-state index contributed by atoms with van der Waals surface area (Å²) in [5, 5.41) is 4.33. The number of ketones is 1. The average Bonchev–Trinajstić information content (AvgIpc) is 3.40. The van der Waals surface area contributed by atoms with E-state index >= 15 is 0 Å². The number of hydrogen-bond acceptors (Lipinski definition) is 6. The van der Waals surface area contributed by atoms with Gasteiger partial charge in [-0.2, -0.15) is 5.10 Å². The molecule has 0 fully saturated rings. The number of aliphatic imine (C=N–C) groups is 1. The minimum Gasteiger partial charge on any atom is -0.493 e. The molecule has 7 heteroatoms. The fraction of sp³-hybridized carbons (Fsp3) is 0.333. The molecule has 2 aromatic heterocycles. The number of nitrogens with zero attached hydrogens (tertiary/aromatic N) is 4. The van der Waals surface area contributed by atoms with Gasteiger partial charge in [0, 0.05) is 18.5 Å². The molecule has 31 heavy (non-hydrogen) atoms. The zero-order chi connectivity index (χ0) is 21.8. The van der Waals surface area contributed by atoms with Crippen LogP contribution < -0.4 is 4.74 Å². The first-order valence-corrected chi connectivity index (χ1v) is 10.3. The number of ether oxygens (including phenoxy) is 2. The van der Waals surface area contributed by atoms with Gasteiger partial charge in [-0.1, -0.05) is 37.3 Å². The Morgan fingerprint density at radius 2 is 2.00 bits per heavy atom. The standard InChI is InChI=1S/C24H26N4O3/c1-16(17-7-5-4-6-8-17)9-20(29)11-19-10-18-12-25-24(31-3)23(18)22(27-19)15-28-14-21(30-2)13-26-28/h4-8,10,13-14,16H,9,11-12,15H2,1-3H3/t16-/m0/s1. The van der Waals surface area contributed by atoms with Gasteiger partial charge in [-0.05, 0) is 23.1 Å². The van der Waals surface area contributed by atoms with Crippen molar-refractivity contribution >= 4 is 11.7 Å². The summed E-state index contributed by atoms with van der Waals surface area (Å²) >= 11 is 0. The van der Waals surface area contributed by atoms with Crippen molar-refractivity contribution in [2.45, 2.75) is 38.8 Å². The molecule has 160 valence electrons. The third-order valence-electron chi connectivity index (χ3n) is 5.47. The van der Waals surface area contributed by atoms with Crippen LogP contribution in [-0.4, -0.2) is 40.7 Å². The SMILES string of the molecule is COC1=NCc2cc(CC(=O)C[C@H](C)c3ccccc3)nc(Cn3cc(OC)cn3)c21. The van der Waals surface area contributed by atoms with Crippen LogP contribution in [0.5, 0.6) is 5.75 Å². The number of fused-ring (bicyclic) bond motifs is 1. The first kappa shape index (κ1) is 20.8. The molecule has 7 nitrogen and oxygen atoms in total. The molecule has 1 aliphatic rings. The number of pyridine rings is 1. The molecule has 0 amide bonds. The molecule has 0 saturated heterocycles. The van der Waals surface area contributed by atoms with Gasteiger partial charge in [0.2, 0.25) is 5.90 Å². The first-order valence-electron chi connectivity index (χ1n) is 10.3. The van der Waals surface area contributed by atoms with Crippen molar-refractivity contribution in [1.82, 2.24) is 14.8 Å². The Kier molecular flexibility index (Phi) is 6.11. The lowest BCUT2D eigenvalue weighted by atomic mass is 9.94. The summed E-state index contributed by atoms with van der Waals surface area (Å²) in [6.45, 7) is 3.05. The second kappa shape index (κ2) is 9.12. The summed E-state index contributed by atoms with van der Waals surface area (Å²) in [5.74, 6) is 1.59. The molecule has 1 aromatic carbocycles. The van der Waals surface area contributed by atoms with Gasteiger partial charge < -0.3 is 9.47 Å². The Morgan fingerprint density at radius 3 is 2.71 bits per heavy atom. The van der Waals surface area contributed by atoms with Crippen molar-refractivity contribution in [3.05, 3.63) is 76.9 Å². The second-order valence-electron chi connectivity index (χ2n) is 7.73. The zero-order valence-corrected chi connectivity index (χ0v) is 18.0. The van der Waals surface area contributed by atoms with E-state index in [1.807, 2.05) is 30.5 Å². The number of methoxy groups -OCH3 is 2. The smallest absolute Gasteiger partial charge is 0.218 e. The molecular weight excluding hydrogens is 392 g/mol. The fourth-order valence-corrected chi connectivity index (χ4v) is 3.92. The average molecular weight is 418 g/mol. The molecular formula is C24H26N4O3.